The molecule has 2 aromatic rings. The van der Waals surface area contributed by atoms with Crippen molar-refractivity contribution in [2.75, 3.05) is 13.1 Å². The second kappa shape index (κ2) is 6.68. The van der Waals surface area contributed by atoms with Gasteiger partial charge in [0.2, 0.25) is 17.6 Å². The first-order chi connectivity index (χ1) is 11.0. The van der Waals surface area contributed by atoms with Crippen LogP contribution in [0.2, 0.25) is 5.02 Å². The molecule has 7 heteroatoms. The van der Waals surface area contributed by atoms with Gasteiger partial charge in [0, 0.05) is 23.7 Å². The van der Waals surface area contributed by atoms with Gasteiger partial charge in [-0.2, -0.15) is 4.98 Å². The number of likely N-dealkylation sites (tertiary alicyclic amines) is 1. The summed E-state index contributed by atoms with van der Waals surface area (Å²) in [6, 6.07) is 6.79. The van der Waals surface area contributed by atoms with Crippen molar-refractivity contribution in [2.24, 2.45) is 5.73 Å². The zero-order chi connectivity index (χ0) is 16.4. The molecular weight excluding hydrogens is 316 g/mol. The molecule has 122 valence electrons. The monoisotopic (exact) mass is 334 g/mol. The number of carbonyl (C=O) groups excluding carboxylic acids is 1. The van der Waals surface area contributed by atoms with Crippen molar-refractivity contribution >= 4 is 17.5 Å². The second-order valence-corrected chi connectivity index (χ2v) is 6.31. The van der Waals surface area contributed by atoms with Crippen molar-refractivity contribution in [3.8, 4) is 11.4 Å². The molecule has 1 amide bonds. The Hall–Kier alpha value is -1.92. The summed E-state index contributed by atoms with van der Waals surface area (Å²) < 4.78 is 5.41. The third-order valence-corrected chi connectivity index (χ3v) is 4.27. The first-order valence-electron chi connectivity index (χ1n) is 7.68. The quantitative estimate of drug-likeness (QED) is 0.931. The summed E-state index contributed by atoms with van der Waals surface area (Å²) in [5.41, 5.74) is 6.54. The molecule has 1 aromatic carbocycles. The first-order valence-corrected chi connectivity index (χ1v) is 8.06. The van der Waals surface area contributed by atoms with E-state index in [1.165, 1.54) is 0 Å². The molecule has 1 aliphatic rings. The molecule has 2 heterocycles. The SMILES string of the molecule is C[C@@H](N)C(=O)N1CCCC(c2nc(-c3ccc(Cl)cc3)no2)C1. The first kappa shape index (κ1) is 16.0. The van der Waals surface area contributed by atoms with Crippen LogP contribution in [0.5, 0.6) is 0 Å². The maximum atomic E-state index is 12.1. The summed E-state index contributed by atoms with van der Waals surface area (Å²) in [7, 11) is 0. The van der Waals surface area contributed by atoms with Crippen LogP contribution in [0.1, 0.15) is 31.6 Å². The number of benzene rings is 1. The Kier molecular flexibility index (Phi) is 4.63. The number of nitrogens with zero attached hydrogens (tertiary/aromatic N) is 3. The smallest absolute Gasteiger partial charge is 0.239 e. The molecule has 23 heavy (non-hydrogen) atoms. The van der Waals surface area contributed by atoms with E-state index in [1.807, 2.05) is 12.1 Å². The van der Waals surface area contributed by atoms with Gasteiger partial charge in [0.15, 0.2) is 0 Å². The second-order valence-electron chi connectivity index (χ2n) is 5.88. The van der Waals surface area contributed by atoms with Gasteiger partial charge in [-0.15, -0.1) is 0 Å². The van der Waals surface area contributed by atoms with Gasteiger partial charge in [-0.25, -0.2) is 0 Å². The molecule has 1 fully saturated rings. The minimum absolute atomic E-state index is 0.0351. The molecule has 0 bridgehead atoms. The van der Waals surface area contributed by atoms with Gasteiger partial charge in [-0.1, -0.05) is 16.8 Å². The molecule has 1 saturated heterocycles. The van der Waals surface area contributed by atoms with Gasteiger partial charge in [0.1, 0.15) is 0 Å². The van der Waals surface area contributed by atoms with Gasteiger partial charge >= 0.3 is 0 Å². The average molecular weight is 335 g/mol. The van der Waals surface area contributed by atoms with Gasteiger partial charge in [0.05, 0.1) is 12.0 Å². The predicted octanol–water partition coefficient (Wildman–Crippen LogP) is 2.44. The fraction of sp³-hybridized carbons (Fsp3) is 0.438. The van der Waals surface area contributed by atoms with Crippen LogP contribution < -0.4 is 5.73 Å². The van der Waals surface area contributed by atoms with Gasteiger partial charge < -0.3 is 15.2 Å². The maximum Gasteiger partial charge on any atom is 0.239 e. The Bertz CT molecular complexity index is 684. The Morgan fingerprint density at radius 2 is 2.17 bits per heavy atom. The highest BCUT2D eigenvalue weighted by Crippen LogP contribution is 2.28. The number of amides is 1. The summed E-state index contributed by atoms with van der Waals surface area (Å²) >= 11 is 5.89. The van der Waals surface area contributed by atoms with Crippen molar-refractivity contribution < 1.29 is 9.32 Å². The fourth-order valence-electron chi connectivity index (χ4n) is 2.78. The van der Waals surface area contributed by atoms with E-state index >= 15 is 0 Å². The van der Waals surface area contributed by atoms with Gasteiger partial charge in [0.25, 0.3) is 0 Å². The Morgan fingerprint density at radius 3 is 2.87 bits per heavy atom. The molecule has 0 saturated carbocycles. The summed E-state index contributed by atoms with van der Waals surface area (Å²) in [6.45, 7) is 3.01. The molecule has 1 aromatic heterocycles. The lowest BCUT2D eigenvalue weighted by molar-refractivity contribution is -0.133. The van der Waals surface area contributed by atoms with Crippen molar-refractivity contribution in [2.45, 2.75) is 31.7 Å². The minimum atomic E-state index is -0.485. The van der Waals surface area contributed by atoms with E-state index in [4.69, 9.17) is 21.9 Å². The molecule has 2 N–H and O–H groups in total. The lowest BCUT2D eigenvalue weighted by Gasteiger charge is -2.32. The van der Waals surface area contributed by atoms with Crippen LogP contribution in [0.4, 0.5) is 0 Å². The summed E-state index contributed by atoms with van der Waals surface area (Å²) in [6.07, 6.45) is 1.83. The van der Waals surface area contributed by atoms with Gasteiger partial charge in [-0.05, 0) is 44.0 Å². The number of hydrogen-bond donors (Lipinski definition) is 1. The highest BCUT2D eigenvalue weighted by atomic mass is 35.5. The minimum Gasteiger partial charge on any atom is -0.341 e. The maximum absolute atomic E-state index is 12.1. The largest absolute Gasteiger partial charge is 0.341 e. The number of hydrogen-bond acceptors (Lipinski definition) is 5. The molecule has 0 radical (unpaired) electrons. The third-order valence-electron chi connectivity index (χ3n) is 4.02. The van der Waals surface area contributed by atoms with Crippen LogP contribution in [-0.2, 0) is 4.79 Å². The fourth-order valence-corrected chi connectivity index (χ4v) is 2.91. The van der Waals surface area contributed by atoms with Gasteiger partial charge in [-0.3, -0.25) is 4.79 Å². The zero-order valence-electron chi connectivity index (χ0n) is 12.9. The Balaban J connectivity index is 1.74. The van der Waals surface area contributed by atoms with Crippen LogP contribution >= 0.6 is 11.6 Å². The lowest BCUT2D eigenvalue weighted by Crippen LogP contribution is -2.46. The van der Waals surface area contributed by atoms with Crippen molar-refractivity contribution in [3.63, 3.8) is 0 Å². The van der Waals surface area contributed by atoms with Crippen LogP contribution in [0.25, 0.3) is 11.4 Å². The van der Waals surface area contributed by atoms with E-state index in [2.05, 4.69) is 10.1 Å². The molecule has 6 nitrogen and oxygen atoms in total. The van der Waals surface area contributed by atoms with E-state index in [0.29, 0.717) is 23.3 Å². The van der Waals surface area contributed by atoms with E-state index in [1.54, 1.807) is 24.0 Å². The molecular formula is C16H19ClN4O2. The van der Waals surface area contributed by atoms with Crippen LogP contribution in [0.15, 0.2) is 28.8 Å². The van der Waals surface area contributed by atoms with Crippen molar-refractivity contribution in [1.29, 1.82) is 0 Å². The number of carbonyl (C=O) groups is 1. The summed E-state index contributed by atoms with van der Waals surface area (Å²) in [4.78, 5) is 18.3. The molecule has 1 unspecified atom stereocenters. The molecule has 1 aliphatic heterocycles. The molecule has 3 rings (SSSR count). The van der Waals surface area contributed by atoms with Crippen LogP contribution in [0, 0.1) is 0 Å². The molecule has 0 spiro atoms. The highest BCUT2D eigenvalue weighted by Gasteiger charge is 2.29. The average Bonchev–Trinajstić information content (AvgIpc) is 3.05. The standard InChI is InChI=1S/C16H19ClN4O2/c1-10(18)16(22)21-8-2-3-12(9-21)15-19-14(20-23-15)11-4-6-13(17)7-5-11/h4-7,10,12H,2-3,8-9,18H2,1H3/t10-,12?/m1/s1. The van der Waals surface area contributed by atoms with E-state index in [0.717, 1.165) is 24.9 Å². The molecule has 0 aliphatic carbocycles. The number of piperidine rings is 1. The van der Waals surface area contributed by atoms with Crippen molar-refractivity contribution in [3.05, 3.63) is 35.2 Å². The topological polar surface area (TPSA) is 85.3 Å². The van der Waals surface area contributed by atoms with Crippen LogP contribution in [-0.4, -0.2) is 40.1 Å². The Morgan fingerprint density at radius 1 is 1.43 bits per heavy atom. The van der Waals surface area contributed by atoms with E-state index in [9.17, 15) is 4.79 Å². The number of rotatable bonds is 3. The summed E-state index contributed by atoms with van der Waals surface area (Å²) in [5.74, 6) is 1.12. The highest BCUT2D eigenvalue weighted by molar-refractivity contribution is 6.30. The zero-order valence-corrected chi connectivity index (χ0v) is 13.7. The third kappa shape index (κ3) is 3.54. The number of nitrogens with two attached hydrogens (primary N) is 1. The molecule has 2 atom stereocenters. The van der Waals surface area contributed by atoms with E-state index in [-0.39, 0.29) is 11.8 Å². The number of halogens is 1. The van der Waals surface area contributed by atoms with E-state index < -0.39 is 6.04 Å². The lowest BCUT2D eigenvalue weighted by atomic mass is 9.97. The predicted molar refractivity (Wildman–Crippen MR) is 86.9 cm³/mol. The van der Waals surface area contributed by atoms with Crippen molar-refractivity contribution in [1.82, 2.24) is 15.0 Å². The number of aromatic nitrogens is 2. The van der Waals surface area contributed by atoms with Crippen LogP contribution in [0.3, 0.4) is 0 Å². The summed E-state index contributed by atoms with van der Waals surface area (Å²) in [5, 5.41) is 4.70. The normalized spacial score (nSPS) is 19.6. The Labute approximate surface area is 139 Å².